The molecule has 0 atom stereocenters. The highest BCUT2D eigenvalue weighted by atomic mass is 79.9. The number of rotatable bonds is 25. The van der Waals surface area contributed by atoms with Gasteiger partial charge in [0.25, 0.3) is 0 Å². The van der Waals surface area contributed by atoms with E-state index < -0.39 is 19.1 Å². The van der Waals surface area contributed by atoms with Gasteiger partial charge in [0.05, 0.1) is 76.2 Å². The van der Waals surface area contributed by atoms with Gasteiger partial charge in [0.2, 0.25) is 0 Å². The number of esters is 4. The van der Waals surface area contributed by atoms with Crippen LogP contribution in [0.1, 0.15) is 257 Å². The number of carbonyl (C=O) groups excluding carboxylic acids is 4. The number of carboxylic acids is 2. The molecule has 0 radical (unpaired) electrons. The quantitative estimate of drug-likeness (QED) is 0.0237. The predicted octanol–water partition coefficient (Wildman–Crippen LogP) is 22.4. The monoisotopic (exact) mass is 1860 g/mol. The van der Waals surface area contributed by atoms with Crippen molar-refractivity contribution in [2.75, 3.05) is 26.4 Å². The lowest BCUT2D eigenvalue weighted by atomic mass is 9.81. The minimum Gasteiger partial charge on any atom is -0.481 e. The summed E-state index contributed by atoms with van der Waals surface area (Å²) in [7, 11) is -1.28. The second kappa shape index (κ2) is 48.3. The molecule has 11 rings (SSSR count). The number of hydrogen-bond acceptors (Lipinski definition) is 14. The number of halogens is 5. The Labute approximate surface area is 708 Å². The van der Waals surface area contributed by atoms with Crippen molar-refractivity contribution in [3.05, 3.63) is 229 Å². The van der Waals surface area contributed by atoms with E-state index >= 15 is 0 Å². The Bertz CT molecular complexity index is 4060. The lowest BCUT2D eigenvalue weighted by Gasteiger charge is -2.32. The van der Waals surface area contributed by atoms with Crippen molar-refractivity contribution >= 4 is 141 Å². The van der Waals surface area contributed by atoms with E-state index in [1.54, 1.807) is 13.8 Å². The first-order valence-electron chi connectivity index (χ1n) is 38.5. The zero-order valence-corrected chi connectivity index (χ0v) is 75.9. The van der Waals surface area contributed by atoms with Gasteiger partial charge < -0.3 is 48.5 Å². The van der Waals surface area contributed by atoms with Crippen LogP contribution in [0.25, 0.3) is 11.1 Å². The molecule has 4 aliphatic carbocycles. The van der Waals surface area contributed by atoms with Gasteiger partial charge in [0.1, 0.15) is 0 Å². The third kappa shape index (κ3) is 33.5. The van der Waals surface area contributed by atoms with Gasteiger partial charge >= 0.3 is 50.1 Å². The average Bonchev–Trinajstić information content (AvgIpc) is 1.64. The molecule has 16 nitrogen and oxygen atoms in total. The summed E-state index contributed by atoms with van der Waals surface area (Å²) in [5.74, 6) is 0.760. The number of carbonyl (C=O) groups is 6. The number of ether oxygens (including phenoxy) is 4. The van der Waals surface area contributed by atoms with Crippen LogP contribution in [0.3, 0.4) is 0 Å². The summed E-state index contributed by atoms with van der Waals surface area (Å²) < 4.78 is 35.8. The number of benzene rings is 6. The summed E-state index contributed by atoms with van der Waals surface area (Å²) in [6.07, 6.45) is 11.0. The molecule has 4 saturated carbocycles. The zero-order valence-electron chi connectivity index (χ0n) is 67.9. The summed E-state index contributed by atoms with van der Waals surface area (Å²) >= 11 is 16.8. The summed E-state index contributed by atoms with van der Waals surface area (Å²) in [5.41, 5.74) is 17.0. The molecule has 1 aliphatic heterocycles. The molecule has 608 valence electrons. The normalized spacial score (nSPS) is 14.5. The van der Waals surface area contributed by atoms with Crippen LogP contribution in [0.4, 0.5) is 0 Å². The smallest absolute Gasteiger partial charge is 0.481 e. The molecule has 112 heavy (non-hydrogen) atoms. The van der Waals surface area contributed by atoms with E-state index in [2.05, 4.69) is 176 Å². The van der Waals surface area contributed by atoms with Crippen molar-refractivity contribution in [2.24, 2.45) is 0 Å². The first-order chi connectivity index (χ1) is 52.7. The molecular formula is C89H115B2Br5O16. The van der Waals surface area contributed by atoms with E-state index in [0.29, 0.717) is 68.9 Å². The highest BCUT2D eigenvalue weighted by molar-refractivity contribution is 9.11. The molecule has 0 aromatic heterocycles. The van der Waals surface area contributed by atoms with Crippen LogP contribution in [0.2, 0.25) is 5.82 Å². The Hall–Kier alpha value is -6.27. The minimum atomic E-state index is -1.04. The summed E-state index contributed by atoms with van der Waals surface area (Å²) in [6.45, 7) is 43.3. The van der Waals surface area contributed by atoms with Crippen LogP contribution < -0.4 is 0 Å². The lowest BCUT2D eigenvalue weighted by molar-refractivity contribution is -0.143. The fourth-order valence-corrected chi connectivity index (χ4v) is 15.0. The topological polar surface area (TPSA) is 239 Å². The van der Waals surface area contributed by atoms with Crippen LogP contribution in [-0.2, 0) is 95.5 Å². The van der Waals surface area contributed by atoms with Gasteiger partial charge in [-0.3, -0.25) is 28.8 Å². The first kappa shape index (κ1) is 98.1. The molecule has 1 heterocycles. The summed E-state index contributed by atoms with van der Waals surface area (Å²) in [5, 5.41) is 34.1. The van der Waals surface area contributed by atoms with Gasteiger partial charge in [0, 0.05) is 22.4 Å². The molecule has 5 fully saturated rings. The van der Waals surface area contributed by atoms with Crippen molar-refractivity contribution in [3.8, 4) is 0 Å². The Morgan fingerprint density at radius 3 is 0.982 bits per heavy atom. The number of aliphatic carboxylic acids is 2. The first-order valence-corrected chi connectivity index (χ1v) is 42.4. The van der Waals surface area contributed by atoms with Crippen molar-refractivity contribution in [1.29, 1.82) is 0 Å². The van der Waals surface area contributed by atoms with Crippen LogP contribution in [0.15, 0.2) is 157 Å². The second-order valence-corrected chi connectivity index (χ2v) is 34.1. The molecule has 6 aromatic carbocycles. The Morgan fingerprint density at radius 2 is 0.696 bits per heavy atom. The fraction of sp³-hybridized carbons (Fsp3) is 0.461. The van der Waals surface area contributed by atoms with E-state index in [9.17, 15) is 28.8 Å². The molecule has 0 amide bonds. The van der Waals surface area contributed by atoms with E-state index in [1.807, 2.05) is 123 Å². The SMILES string of the molecule is C=C(C)B1OC(C)(C)C(C)(C)O1.C=C(C)c1cccc(Br)c1CC(=O)OCC.C=C(C)c1cccc(C2CC2)c1CC(=O)OCC.CC(C)c1cccc(C2CC2)c1CC(=O)O.CCOC(=O)Cc1c(Br)cccc1Br.CCOC(=O)Cc1c(C(C)C)cccc1C1CC1.O=C(O)Cc1c(Br)cccc1Br.OB(O)C1CC1. The molecule has 6 aromatic rings. The van der Waals surface area contributed by atoms with Crippen LogP contribution in [0, 0.1) is 0 Å². The van der Waals surface area contributed by atoms with Crippen molar-refractivity contribution in [3.63, 3.8) is 0 Å². The third-order valence-corrected chi connectivity index (χ3v) is 22.7. The molecule has 5 aliphatic rings. The van der Waals surface area contributed by atoms with Gasteiger partial charge in [-0.25, -0.2) is 0 Å². The standard InChI is InChI=1S/C16H22O2.C16H20O2.C14H18O2.C13H15BrO2.C10H10Br2O2.C9H17BO2.C8H6Br2O2.C3H7BO2/c2*1-4-18-16(17)10-15-13(11(2)3)6-5-7-14(15)12-8-9-12;1-9(2)11-4-3-5-12(10-6-7-10)13(11)8-14(15)16;1-4-16-13(15)8-11-10(9(2)3)6-5-7-12(11)14;1-2-14-10(13)6-7-8(11)4-3-5-9(7)12;1-7(2)10-11-8(3,4)9(5,6)12-10;9-6-2-1-3-7(10)5(6)4-8(11)12;5-4(6)3-1-2-3/h5-7,11-12H,4,8-10H2,1-3H3;5-7,12H,2,4,8-10H2,1,3H3;3-5,9-10H,6-8H2,1-2H3,(H,15,16);5-7H,2,4,8H2,1,3H3;3-5H,2,6H2,1H3;1H2,2-6H3;1-3H,4H2,(H,11,12);3,5-6H,1-2H2. The van der Waals surface area contributed by atoms with E-state index in [0.717, 1.165) is 90.8 Å². The fourth-order valence-electron chi connectivity index (χ4n) is 12.0. The van der Waals surface area contributed by atoms with Gasteiger partial charge in [-0.1, -0.05) is 229 Å². The van der Waals surface area contributed by atoms with Gasteiger partial charge in [0.15, 0.2) is 0 Å². The maximum absolute atomic E-state index is 11.8. The summed E-state index contributed by atoms with van der Waals surface area (Å²) in [6, 6.07) is 35.9. The minimum absolute atomic E-state index is 0.0298. The molecular weight excluding hydrogens is 1750 g/mol. The molecule has 0 spiro atoms. The number of hydrogen-bond donors (Lipinski definition) is 4. The van der Waals surface area contributed by atoms with Gasteiger partial charge in [-0.2, -0.15) is 0 Å². The molecule has 0 bridgehead atoms. The van der Waals surface area contributed by atoms with Crippen molar-refractivity contribution in [2.45, 2.75) is 240 Å². The summed E-state index contributed by atoms with van der Waals surface area (Å²) in [4.78, 5) is 67.6. The van der Waals surface area contributed by atoms with Gasteiger partial charge in [-0.05, 0) is 253 Å². The number of allylic oxidation sites excluding steroid dienone is 3. The largest absolute Gasteiger partial charge is 0.489 e. The lowest BCUT2D eigenvalue weighted by Crippen LogP contribution is -2.41. The molecule has 1 saturated heterocycles. The Balaban J connectivity index is 0.000000273. The van der Waals surface area contributed by atoms with Crippen LogP contribution in [-0.4, -0.2) is 108 Å². The third-order valence-electron chi connectivity index (χ3n) is 19.0. The highest BCUT2D eigenvalue weighted by Gasteiger charge is 2.51. The zero-order chi connectivity index (χ0) is 83.9. The van der Waals surface area contributed by atoms with Gasteiger partial charge in [-0.15, -0.1) is 6.58 Å². The van der Waals surface area contributed by atoms with Crippen molar-refractivity contribution < 1.29 is 77.3 Å². The van der Waals surface area contributed by atoms with Crippen LogP contribution >= 0.6 is 79.6 Å². The maximum atomic E-state index is 11.8. The van der Waals surface area contributed by atoms with Crippen LogP contribution in [0.5, 0.6) is 0 Å². The average molecular weight is 1860 g/mol. The number of carboxylic acid groups (broad SMARTS) is 2. The molecule has 0 unspecified atom stereocenters. The second-order valence-electron chi connectivity index (χ2n) is 29.8. The van der Waals surface area contributed by atoms with E-state index in [4.69, 9.17) is 48.5 Å². The van der Waals surface area contributed by atoms with Crippen molar-refractivity contribution in [1.82, 2.24) is 0 Å². The van der Waals surface area contributed by atoms with E-state index in [-0.39, 0.29) is 73.7 Å². The molecule has 23 heteroatoms. The Kier molecular flexibility index (Phi) is 42.3. The Morgan fingerprint density at radius 1 is 0.429 bits per heavy atom. The molecule has 4 N–H and O–H groups in total. The highest BCUT2D eigenvalue weighted by Crippen LogP contribution is 2.46. The predicted molar refractivity (Wildman–Crippen MR) is 469 cm³/mol. The van der Waals surface area contributed by atoms with E-state index in [1.165, 1.54) is 71.9 Å². The maximum Gasteiger partial charge on any atom is 0.489 e.